The van der Waals surface area contributed by atoms with E-state index < -0.39 is 5.97 Å². The van der Waals surface area contributed by atoms with Crippen molar-refractivity contribution in [3.8, 4) is 16.9 Å². The molecule has 0 spiro atoms. The van der Waals surface area contributed by atoms with E-state index in [1.54, 1.807) is 29.8 Å². The number of halogens is 1. The van der Waals surface area contributed by atoms with Crippen molar-refractivity contribution in [3.63, 3.8) is 0 Å². The molecule has 0 unspecified atom stereocenters. The maximum absolute atomic E-state index is 13.5. The summed E-state index contributed by atoms with van der Waals surface area (Å²) in [6.07, 6.45) is 0. The standard InChI is InChI=1S/C29H27FN4O3/c1-2-37-29(36)26-20-27(34(31-26)25-14-10-23(30)11-15-25)21-8-12-24(13-9-21)32-16-18-33(19-17-32)28(35)22-6-4-3-5-7-22/h3-15,20H,2,16-19H2,1H3. The van der Waals surface area contributed by atoms with E-state index in [0.29, 0.717) is 30.0 Å². The molecule has 0 radical (unpaired) electrons. The predicted octanol–water partition coefficient (Wildman–Crippen LogP) is 4.82. The highest BCUT2D eigenvalue weighted by molar-refractivity contribution is 5.94. The van der Waals surface area contributed by atoms with Gasteiger partial charge in [0.1, 0.15) is 5.82 Å². The van der Waals surface area contributed by atoms with E-state index in [-0.39, 0.29) is 24.0 Å². The minimum absolute atomic E-state index is 0.0575. The van der Waals surface area contributed by atoms with Crippen LogP contribution in [0.1, 0.15) is 27.8 Å². The monoisotopic (exact) mass is 498 g/mol. The maximum atomic E-state index is 13.5. The van der Waals surface area contributed by atoms with E-state index in [1.165, 1.54) is 12.1 Å². The highest BCUT2D eigenvalue weighted by Crippen LogP contribution is 2.27. The summed E-state index contributed by atoms with van der Waals surface area (Å²) >= 11 is 0. The predicted molar refractivity (Wildman–Crippen MR) is 139 cm³/mol. The van der Waals surface area contributed by atoms with Gasteiger partial charge in [-0.2, -0.15) is 5.10 Å². The van der Waals surface area contributed by atoms with Gasteiger partial charge in [0, 0.05) is 43.0 Å². The molecule has 8 heteroatoms. The van der Waals surface area contributed by atoms with Gasteiger partial charge in [0.05, 0.1) is 18.0 Å². The van der Waals surface area contributed by atoms with E-state index in [4.69, 9.17) is 4.74 Å². The third-order valence-corrected chi connectivity index (χ3v) is 6.38. The summed E-state index contributed by atoms with van der Waals surface area (Å²) in [4.78, 5) is 29.2. The van der Waals surface area contributed by atoms with Gasteiger partial charge in [-0.3, -0.25) is 4.79 Å². The first-order chi connectivity index (χ1) is 18.0. The normalized spacial score (nSPS) is 13.5. The smallest absolute Gasteiger partial charge is 0.358 e. The summed E-state index contributed by atoms with van der Waals surface area (Å²) in [7, 11) is 0. The van der Waals surface area contributed by atoms with Crippen molar-refractivity contribution in [2.24, 2.45) is 0 Å². The molecule has 5 rings (SSSR count). The summed E-state index contributed by atoms with van der Waals surface area (Å²) in [6, 6.07) is 25.0. The molecule has 1 aliphatic heterocycles. The van der Waals surface area contributed by atoms with Gasteiger partial charge in [-0.05, 0) is 61.5 Å². The Balaban J connectivity index is 1.34. The number of hydrogen-bond donors (Lipinski definition) is 0. The lowest BCUT2D eigenvalue weighted by Crippen LogP contribution is -2.48. The van der Waals surface area contributed by atoms with Gasteiger partial charge in [-0.1, -0.05) is 30.3 Å². The Morgan fingerprint density at radius 2 is 1.51 bits per heavy atom. The van der Waals surface area contributed by atoms with E-state index >= 15 is 0 Å². The molecule has 0 N–H and O–H groups in total. The second-order valence-corrected chi connectivity index (χ2v) is 8.72. The molecule has 7 nitrogen and oxygen atoms in total. The van der Waals surface area contributed by atoms with Crippen molar-refractivity contribution < 1.29 is 18.7 Å². The van der Waals surface area contributed by atoms with Crippen molar-refractivity contribution in [3.05, 3.63) is 102 Å². The fraction of sp³-hybridized carbons (Fsp3) is 0.207. The number of ether oxygens (including phenoxy) is 1. The zero-order chi connectivity index (χ0) is 25.8. The molecule has 37 heavy (non-hydrogen) atoms. The third kappa shape index (κ3) is 5.23. The molecule has 0 bridgehead atoms. The molecule has 0 saturated carbocycles. The van der Waals surface area contributed by atoms with Gasteiger partial charge in [-0.15, -0.1) is 0 Å². The van der Waals surface area contributed by atoms with Crippen LogP contribution in [0.3, 0.4) is 0 Å². The van der Waals surface area contributed by atoms with Crippen LogP contribution < -0.4 is 4.90 Å². The highest BCUT2D eigenvalue weighted by atomic mass is 19.1. The average molecular weight is 499 g/mol. The topological polar surface area (TPSA) is 67.7 Å². The van der Waals surface area contributed by atoms with Crippen LogP contribution in [0.4, 0.5) is 10.1 Å². The first-order valence-electron chi connectivity index (χ1n) is 12.3. The van der Waals surface area contributed by atoms with Crippen LogP contribution >= 0.6 is 0 Å². The average Bonchev–Trinajstić information content (AvgIpc) is 3.40. The number of aromatic nitrogens is 2. The summed E-state index contributed by atoms with van der Waals surface area (Å²) < 4.78 is 20.3. The number of piperazine rings is 1. The number of carbonyl (C=O) groups is 2. The summed E-state index contributed by atoms with van der Waals surface area (Å²) in [5, 5.41) is 4.44. The zero-order valence-electron chi connectivity index (χ0n) is 20.5. The van der Waals surface area contributed by atoms with Crippen molar-refractivity contribution in [2.75, 3.05) is 37.7 Å². The van der Waals surface area contributed by atoms with Crippen molar-refractivity contribution in [1.29, 1.82) is 0 Å². The quantitative estimate of drug-likeness (QED) is 0.357. The molecule has 1 saturated heterocycles. The minimum atomic E-state index is -0.510. The van der Waals surface area contributed by atoms with Gasteiger partial charge in [0.25, 0.3) is 5.91 Å². The number of anilines is 1. The molecule has 2 heterocycles. The number of hydrogen-bond acceptors (Lipinski definition) is 5. The molecule has 0 aliphatic carbocycles. The maximum Gasteiger partial charge on any atom is 0.358 e. The van der Waals surface area contributed by atoms with Crippen LogP contribution in [0.5, 0.6) is 0 Å². The molecular formula is C29H27FN4O3. The molecule has 3 aromatic carbocycles. The molecule has 1 amide bonds. The summed E-state index contributed by atoms with van der Waals surface area (Å²) in [6.45, 7) is 4.75. The SMILES string of the molecule is CCOC(=O)c1cc(-c2ccc(N3CCN(C(=O)c4ccccc4)CC3)cc2)n(-c2ccc(F)cc2)n1. The van der Waals surface area contributed by atoms with Gasteiger partial charge < -0.3 is 14.5 Å². The largest absolute Gasteiger partial charge is 0.461 e. The molecular weight excluding hydrogens is 471 g/mol. The van der Waals surface area contributed by atoms with Crippen molar-refractivity contribution in [1.82, 2.24) is 14.7 Å². The van der Waals surface area contributed by atoms with E-state index in [9.17, 15) is 14.0 Å². The zero-order valence-corrected chi connectivity index (χ0v) is 20.5. The van der Waals surface area contributed by atoms with E-state index in [2.05, 4.69) is 10.00 Å². The lowest BCUT2D eigenvalue weighted by Gasteiger charge is -2.36. The second kappa shape index (κ2) is 10.7. The fourth-order valence-corrected chi connectivity index (χ4v) is 4.44. The van der Waals surface area contributed by atoms with Crippen molar-refractivity contribution in [2.45, 2.75) is 6.92 Å². The van der Waals surface area contributed by atoms with Crippen LogP contribution in [-0.4, -0.2) is 59.3 Å². The first kappa shape index (κ1) is 24.2. The van der Waals surface area contributed by atoms with Crippen LogP contribution in [0.25, 0.3) is 16.9 Å². The lowest BCUT2D eigenvalue weighted by atomic mass is 10.1. The summed E-state index contributed by atoms with van der Waals surface area (Å²) in [5.41, 5.74) is 4.13. The number of amides is 1. The Labute approximate surface area is 214 Å². The number of benzene rings is 3. The second-order valence-electron chi connectivity index (χ2n) is 8.72. The number of carbonyl (C=O) groups excluding carboxylic acids is 2. The Kier molecular flexibility index (Phi) is 6.98. The van der Waals surface area contributed by atoms with Crippen LogP contribution in [-0.2, 0) is 4.74 Å². The van der Waals surface area contributed by atoms with E-state index in [0.717, 1.165) is 24.3 Å². The highest BCUT2D eigenvalue weighted by Gasteiger charge is 2.23. The van der Waals surface area contributed by atoms with E-state index in [1.807, 2.05) is 59.5 Å². The Bertz CT molecular complexity index is 1380. The molecule has 1 aliphatic rings. The lowest BCUT2D eigenvalue weighted by molar-refractivity contribution is 0.0518. The van der Waals surface area contributed by atoms with Crippen molar-refractivity contribution >= 4 is 17.6 Å². The third-order valence-electron chi connectivity index (χ3n) is 6.38. The molecule has 1 fully saturated rings. The van der Waals surface area contributed by atoms with Gasteiger partial charge in [0.2, 0.25) is 0 Å². The summed E-state index contributed by atoms with van der Waals surface area (Å²) in [5.74, 6) is -0.802. The first-order valence-corrected chi connectivity index (χ1v) is 12.3. The Morgan fingerprint density at radius 1 is 0.865 bits per heavy atom. The van der Waals surface area contributed by atoms with Gasteiger partial charge >= 0.3 is 5.97 Å². The number of nitrogens with zero attached hydrogens (tertiary/aromatic N) is 4. The molecule has 188 valence electrons. The Morgan fingerprint density at radius 3 is 2.16 bits per heavy atom. The Hall–Kier alpha value is -4.46. The van der Waals surface area contributed by atoms with Gasteiger partial charge in [0.15, 0.2) is 5.69 Å². The molecule has 1 aromatic heterocycles. The van der Waals surface area contributed by atoms with Crippen LogP contribution in [0.15, 0.2) is 84.9 Å². The molecule has 0 atom stereocenters. The van der Waals surface area contributed by atoms with Crippen LogP contribution in [0, 0.1) is 5.82 Å². The van der Waals surface area contributed by atoms with Gasteiger partial charge in [-0.25, -0.2) is 13.9 Å². The number of esters is 1. The number of rotatable bonds is 6. The molecule has 4 aromatic rings. The minimum Gasteiger partial charge on any atom is -0.461 e. The van der Waals surface area contributed by atoms with Crippen LogP contribution in [0.2, 0.25) is 0 Å². The fourth-order valence-electron chi connectivity index (χ4n) is 4.44.